The molecule has 0 fully saturated rings. The van der Waals surface area contributed by atoms with Crippen LogP contribution in [0.5, 0.6) is 5.75 Å². The second-order valence-corrected chi connectivity index (χ2v) is 4.90. The van der Waals surface area contributed by atoms with Crippen molar-refractivity contribution in [1.29, 1.82) is 0 Å². The van der Waals surface area contributed by atoms with Gasteiger partial charge in [-0.1, -0.05) is 12.1 Å². The first kappa shape index (κ1) is 12.5. The van der Waals surface area contributed by atoms with Gasteiger partial charge in [0, 0.05) is 12.6 Å². The number of nitrogens with zero attached hydrogens (tertiary/aromatic N) is 2. The van der Waals surface area contributed by atoms with Crippen molar-refractivity contribution < 1.29 is 4.74 Å². The van der Waals surface area contributed by atoms with Gasteiger partial charge in [0.1, 0.15) is 17.2 Å². The summed E-state index contributed by atoms with van der Waals surface area (Å²) >= 11 is 0. The van der Waals surface area contributed by atoms with Crippen molar-refractivity contribution in [2.45, 2.75) is 13.3 Å². The third kappa shape index (κ3) is 2.20. The van der Waals surface area contributed by atoms with Crippen molar-refractivity contribution in [3.8, 4) is 5.75 Å². The summed E-state index contributed by atoms with van der Waals surface area (Å²) in [5.41, 5.74) is 10.3. The Morgan fingerprint density at radius 3 is 2.90 bits per heavy atom. The largest absolute Gasteiger partial charge is 0.497 e. The number of aryl methyl sites for hydroxylation is 1. The highest BCUT2D eigenvalue weighted by atomic mass is 16.5. The summed E-state index contributed by atoms with van der Waals surface area (Å²) < 4.78 is 7.16. The molecule has 0 bridgehead atoms. The van der Waals surface area contributed by atoms with E-state index in [2.05, 4.69) is 11.1 Å². The molecule has 4 heteroatoms. The van der Waals surface area contributed by atoms with E-state index in [1.54, 1.807) is 7.11 Å². The zero-order valence-electron chi connectivity index (χ0n) is 11.6. The number of imidazole rings is 1. The predicted molar refractivity (Wildman–Crippen MR) is 80.1 cm³/mol. The fourth-order valence-electron chi connectivity index (χ4n) is 2.32. The molecule has 2 heterocycles. The number of nitrogen functional groups attached to an aromatic ring is 1. The fourth-order valence-corrected chi connectivity index (χ4v) is 2.32. The van der Waals surface area contributed by atoms with Gasteiger partial charge >= 0.3 is 0 Å². The first-order valence-electron chi connectivity index (χ1n) is 6.53. The zero-order chi connectivity index (χ0) is 14.1. The Balaban J connectivity index is 1.99. The standard InChI is InChI=1S/C16H17N3O/c1-11-6-7-19-15(8-11)18-14(16(19)17)10-12-4-3-5-13(9-12)20-2/h3-9H,10,17H2,1-2H3. The highest BCUT2D eigenvalue weighted by Crippen LogP contribution is 2.21. The van der Waals surface area contributed by atoms with Crippen LogP contribution in [0.4, 0.5) is 5.82 Å². The van der Waals surface area contributed by atoms with E-state index in [0.29, 0.717) is 12.2 Å². The maximum absolute atomic E-state index is 6.18. The van der Waals surface area contributed by atoms with Crippen molar-refractivity contribution in [2.24, 2.45) is 0 Å². The number of rotatable bonds is 3. The van der Waals surface area contributed by atoms with Gasteiger partial charge in [-0.2, -0.15) is 0 Å². The van der Waals surface area contributed by atoms with Gasteiger partial charge in [0.15, 0.2) is 0 Å². The summed E-state index contributed by atoms with van der Waals surface area (Å²) in [4.78, 5) is 4.62. The van der Waals surface area contributed by atoms with Crippen LogP contribution >= 0.6 is 0 Å². The number of ether oxygens (including phenoxy) is 1. The van der Waals surface area contributed by atoms with E-state index < -0.39 is 0 Å². The molecule has 1 aromatic carbocycles. The van der Waals surface area contributed by atoms with Gasteiger partial charge in [-0.25, -0.2) is 4.98 Å². The Bertz CT molecular complexity index is 762. The summed E-state index contributed by atoms with van der Waals surface area (Å²) in [7, 11) is 1.67. The molecular weight excluding hydrogens is 250 g/mol. The normalized spacial score (nSPS) is 10.9. The second kappa shape index (κ2) is 4.89. The van der Waals surface area contributed by atoms with Gasteiger partial charge < -0.3 is 10.5 Å². The van der Waals surface area contributed by atoms with Crippen LogP contribution in [0.15, 0.2) is 42.6 Å². The van der Waals surface area contributed by atoms with Crippen LogP contribution in [0.25, 0.3) is 5.65 Å². The molecule has 0 spiro atoms. The van der Waals surface area contributed by atoms with Crippen LogP contribution in [0, 0.1) is 6.92 Å². The van der Waals surface area contributed by atoms with Crippen LogP contribution in [-0.4, -0.2) is 16.5 Å². The van der Waals surface area contributed by atoms with Crippen molar-refractivity contribution >= 4 is 11.5 Å². The van der Waals surface area contributed by atoms with Gasteiger partial charge in [0.05, 0.1) is 12.8 Å². The van der Waals surface area contributed by atoms with Gasteiger partial charge in [0.2, 0.25) is 0 Å². The van der Waals surface area contributed by atoms with E-state index in [9.17, 15) is 0 Å². The minimum absolute atomic E-state index is 0.697. The summed E-state index contributed by atoms with van der Waals surface area (Å²) in [5, 5.41) is 0. The SMILES string of the molecule is COc1cccc(Cc2nc3cc(C)ccn3c2N)c1. The van der Waals surface area contributed by atoms with E-state index >= 15 is 0 Å². The Hall–Kier alpha value is -2.49. The maximum atomic E-state index is 6.18. The third-order valence-corrected chi connectivity index (χ3v) is 3.40. The average molecular weight is 267 g/mol. The van der Waals surface area contributed by atoms with Crippen molar-refractivity contribution in [3.63, 3.8) is 0 Å². The number of benzene rings is 1. The summed E-state index contributed by atoms with van der Waals surface area (Å²) in [6, 6.07) is 12.0. The molecule has 0 saturated carbocycles. The minimum Gasteiger partial charge on any atom is -0.497 e. The molecule has 0 aliphatic rings. The van der Waals surface area contributed by atoms with Crippen LogP contribution in [0.3, 0.4) is 0 Å². The molecule has 3 rings (SSSR count). The molecule has 0 aliphatic carbocycles. The summed E-state index contributed by atoms with van der Waals surface area (Å²) in [6.07, 6.45) is 2.66. The van der Waals surface area contributed by atoms with Crippen LogP contribution in [0.1, 0.15) is 16.8 Å². The first-order chi connectivity index (χ1) is 9.67. The lowest BCUT2D eigenvalue weighted by atomic mass is 10.1. The number of pyridine rings is 1. The Kier molecular flexibility index (Phi) is 3.06. The lowest BCUT2D eigenvalue weighted by molar-refractivity contribution is 0.414. The van der Waals surface area contributed by atoms with Gasteiger partial charge in [-0.15, -0.1) is 0 Å². The van der Waals surface area contributed by atoms with E-state index in [0.717, 1.165) is 22.7 Å². The molecule has 0 atom stereocenters. The molecule has 0 aliphatic heterocycles. The molecule has 0 amide bonds. The lowest BCUT2D eigenvalue weighted by Crippen LogP contribution is -1.97. The van der Waals surface area contributed by atoms with E-state index in [1.165, 1.54) is 5.56 Å². The van der Waals surface area contributed by atoms with E-state index in [1.807, 2.05) is 47.9 Å². The van der Waals surface area contributed by atoms with Crippen molar-refractivity contribution in [2.75, 3.05) is 12.8 Å². The number of anilines is 1. The predicted octanol–water partition coefficient (Wildman–Crippen LogP) is 2.82. The van der Waals surface area contributed by atoms with Crippen molar-refractivity contribution in [1.82, 2.24) is 9.38 Å². The molecule has 2 N–H and O–H groups in total. The molecule has 4 nitrogen and oxygen atoms in total. The zero-order valence-corrected chi connectivity index (χ0v) is 11.6. The summed E-state index contributed by atoms with van der Waals surface area (Å²) in [5.74, 6) is 1.54. The van der Waals surface area contributed by atoms with Gasteiger partial charge in [-0.05, 0) is 42.3 Å². The second-order valence-electron chi connectivity index (χ2n) is 4.90. The molecule has 20 heavy (non-hydrogen) atoms. The van der Waals surface area contributed by atoms with Crippen LogP contribution in [0.2, 0.25) is 0 Å². The van der Waals surface area contributed by atoms with Crippen LogP contribution in [-0.2, 0) is 6.42 Å². The fraction of sp³-hybridized carbons (Fsp3) is 0.188. The van der Waals surface area contributed by atoms with Gasteiger partial charge in [-0.3, -0.25) is 4.40 Å². The van der Waals surface area contributed by atoms with E-state index in [4.69, 9.17) is 10.5 Å². The molecule has 3 aromatic rings. The molecule has 2 aromatic heterocycles. The number of aromatic nitrogens is 2. The molecule has 0 radical (unpaired) electrons. The quantitative estimate of drug-likeness (QED) is 0.794. The Morgan fingerprint density at radius 2 is 2.10 bits per heavy atom. The highest BCUT2D eigenvalue weighted by molar-refractivity contribution is 5.55. The number of nitrogens with two attached hydrogens (primary N) is 1. The highest BCUT2D eigenvalue weighted by Gasteiger charge is 2.10. The molecule has 0 saturated heterocycles. The van der Waals surface area contributed by atoms with Crippen molar-refractivity contribution in [3.05, 3.63) is 59.4 Å². The average Bonchev–Trinajstić information content (AvgIpc) is 2.75. The molecule has 0 unspecified atom stereocenters. The number of hydrogen-bond donors (Lipinski definition) is 1. The molecular formula is C16H17N3O. The Labute approximate surface area is 117 Å². The number of fused-ring (bicyclic) bond motifs is 1. The van der Waals surface area contributed by atoms with Gasteiger partial charge in [0.25, 0.3) is 0 Å². The van der Waals surface area contributed by atoms with E-state index in [-0.39, 0.29) is 0 Å². The van der Waals surface area contributed by atoms with Crippen LogP contribution < -0.4 is 10.5 Å². The third-order valence-electron chi connectivity index (χ3n) is 3.40. The topological polar surface area (TPSA) is 52.5 Å². The lowest BCUT2D eigenvalue weighted by Gasteiger charge is -2.03. The minimum atomic E-state index is 0.697. The Morgan fingerprint density at radius 1 is 1.25 bits per heavy atom. The summed E-state index contributed by atoms with van der Waals surface area (Å²) in [6.45, 7) is 2.05. The molecule has 102 valence electrons. The number of methoxy groups -OCH3 is 1. The monoisotopic (exact) mass is 267 g/mol. The maximum Gasteiger partial charge on any atom is 0.138 e. The first-order valence-corrected chi connectivity index (χ1v) is 6.53. The number of hydrogen-bond acceptors (Lipinski definition) is 3. The smallest absolute Gasteiger partial charge is 0.138 e.